The van der Waals surface area contributed by atoms with Gasteiger partial charge in [0.05, 0.1) is 19.0 Å². The van der Waals surface area contributed by atoms with Gasteiger partial charge in [-0.15, -0.1) is 0 Å². The van der Waals surface area contributed by atoms with Crippen LogP contribution in [0.4, 0.5) is 11.6 Å². The third-order valence-corrected chi connectivity index (χ3v) is 3.22. The summed E-state index contributed by atoms with van der Waals surface area (Å²) >= 11 is 0. The second kappa shape index (κ2) is 8.03. The van der Waals surface area contributed by atoms with Gasteiger partial charge in [-0.25, -0.2) is 15.0 Å². The second-order valence-corrected chi connectivity index (χ2v) is 4.90. The van der Waals surface area contributed by atoms with Crippen molar-refractivity contribution >= 4 is 23.3 Å². The first-order chi connectivity index (χ1) is 10.8. The molecule has 0 atom stereocenters. The van der Waals surface area contributed by atoms with Gasteiger partial charge in [-0.1, -0.05) is 13.2 Å². The number of methoxy groups -OCH3 is 1. The van der Waals surface area contributed by atoms with Gasteiger partial charge < -0.3 is 4.74 Å². The zero-order valence-corrected chi connectivity index (χ0v) is 14.3. The maximum Gasteiger partial charge on any atom is 0.232 e. The second-order valence-electron chi connectivity index (χ2n) is 4.90. The van der Waals surface area contributed by atoms with Crippen molar-refractivity contribution in [2.75, 3.05) is 19.1 Å². The minimum atomic E-state index is -0.133. The van der Waals surface area contributed by atoms with E-state index in [1.54, 1.807) is 32.5 Å². The topological polar surface area (TPSA) is 67.7 Å². The average molecular weight is 314 g/mol. The molecule has 0 aliphatic heterocycles. The summed E-state index contributed by atoms with van der Waals surface area (Å²) < 4.78 is 5.12. The van der Waals surface area contributed by atoms with Crippen LogP contribution in [0.5, 0.6) is 0 Å². The number of anilines is 1. The van der Waals surface area contributed by atoms with Gasteiger partial charge >= 0.3 is 0 Å². The van der Waals surface area contributed by atoms with Crippen LogP contribution in [-0.4, -0.2) is 35.7 Å². The molecule has 1 amide bonds. The molecule has 0 aromatic carbocycles. The van der Waals surface area contributed by atoms with Crippen molar-refractivity contribution in [3.63, 3.8) is 0 Å². The fraction of sp³-hybridized carbons (Fsp3) is 0.294. The Bertz CT molecular complexity index is 690. The number of hydrogen-bond donors (Lipinski definition) is 0. The number of ether oxygens (including phenoxy) is 1. The molecule has 122 valence electrons. The van der Waals surface area contributed by atoms with Gasteiger partial charge in [0.2, 0.25) is 11.9 Å². The zero-order valence-electron chi connectivity index (χ0n) is 14.3. The molecule has 0 saturated heterocycles. The largest absolute Gasteiger partial charge is 0.497 e. The third-order valence-electron chi connectivity index (χ3n) is 3.22. The molecule has 0 unspecified atom stereocenters. The highest BCUT2D eigenvalue weighted by molar-refractivity contribution is 6.01. The number of carbonyl (C=O) groups is 1. The van der Waals surface area contributed by atoms with E-state index in [0.29, 0.717) is 34.4 Å². The third kappa shape index (κ3) is 4.88. The number of allylic oxidation sites excluding steroid dienone is 3. The van der Waals surface area contributed by atoms with Crippen LogP contribution in [0.25, 0.3) is 0 Å². The Kier molecular flexibility index (Phi) is 6.38. The normalized spacial score (nSPS) is 11.9. The summed E-state index contributed by atoms with van der Waals surface area (Å²) in [5, 5.41) is 0. The van der Waals surface area contributed by atoms with Crippen LogP contribution >= 0.6 is 0 Å². The van der Waals surface area contributed by atoms with Crippen LogP contribution < -0.4 is 4.90 Å². The van der Waals surface area contributed by atoms with Crippen molar-refractivity contribution in [3.8, 4) is 0 Å². The van der Waals surface area contributed by atoms with Crippen LogP contribution in [0, 0.1) is 6.92 Å². The number of aromatic nitrogens is 2. The van der Waals surface area contributed by atoms with E-state index in [9.17, 15) is 4.79 Å². The van der Waals surface area contributed by atoms with Crippen molar-refractivity contribution in [1.82, 2.24) is 9.97 Å². The van der Waals surface area contributed by atoms with Crippen LogP contribution in [0.15, 0.2) is 47.8 Å². The summed E-state index contributed by atoms with van der Waals surface area (Å²) in [5.74, 6) is 0.821. The van der Waals surface area contributed by atoms with Crippen molar-refractivity contribution in [2.24, 2.45) is 4.99 Å². The lowest BCUT2D eigenvalue weighted by atomic mass is 10.1. The highest BCUT2D eigenvalue weighted by Crippen LogP contribution is 2.19. The smallest absolute Gasteiger partial charge is 0.232 e. The Morgan fingerprint density at radius 1 is 1.43 bits per heavy atom. The lowest BCUT2D eigenvalue weighted by Gasteiger charge is -2.13. The van der Waals surface area contributed by atoms with Gasteiger partial charge in [-0.2, -0.15) is 0 Å². The maximum atomic E-state index is 11.3. The number of rotatable bonds is 6. The monoisotopic (exact) mass is 314 g/mol. The predicted octanol–water partition coefficient (Wildman–Crippen LogP) is 3.13. The number of nitrogens with zero attached hydrogens (tertiary/aromatic N) is 4. The van der Waals surface area contributed by atoms with E-state index in [2.05, 4.69) is 28.1 Å². The van der Waals surface area contributed by atoms with E-state index in [-0.39, 0.29) is 5.91 Å². The lowest BCUT2D eigenvalue weighted by Crippen LogP contribution is -2.25. The van der Waals surface area contributed by atoms with Gasteiger partial charge in [0, 0.05) is 19.7 Å². The van der Waals surface area contributed by atoms with E-state index in [1.807, 2.05) is 13.8 Å². The van der Waals surface area contributed by atoms with Crippen LogP contribution in [0.1, 0.15) is 19.5 Å². The average Bonchev–Trinajstić information content (AvgIpc) is 2.53. The van der Waals surface area contributed by atoms with E-state index in [4.69, 9.17) is 4.74 Å². The molecule has 0 aliphatic rings. The number of aryl methyl sites for hydroxylation is 1. The van der Waals surface area contributed by atoms with Gasteiger partial charge in [-0.05, 0) is 31.6 Å². The summed E-state index contributed by atoms with van der Waals surface area (Å²) in [7, 11) is 3.19. The molecule has 6 nitrogen and oxygen atoms in total. The van der Waals surface area contributed by atoms with Gasteiger partial charge in [-0.3, -0.25) is 9.69 Å². The lowest BCUT2D eigenvalue weighted by molar-refractivity contribution is -0.116. The van der Waals surface area contributed by atoms with E-state index in [0.717, 1.165) is 0 Å². The molecule has 6 heteroatoms. The molecular weight excluding hydrogens is 292 g/mol. The molecule has 0 bridgehead atoms. The molecule has 0 fully saturated rings. The molecule has 0 N–H and O–H groups in total. The Morgan fingerprint density at radius 2 is 2.09 bits per heavy atom. The minimum absolute atomic E-state index is 0.133. The molecule has 0 spiro atoms. The van der Waals surface area contributed by atoms with E-state index >= 15 is 0 Å². The van der Waals surface area contributed by atoms with Crippen molar-refractivity contribution in [2.45, 2.75) is 20.8 Å². The zero-order chi connectivity index (χ0) is 17.6. The molecular formula is C17H22N4O2. The Morgan fingerprint density at radius 3 is 2.57 bits per heavy atom. The maximum absolute atomic E-state index is 11.3. The summed E-state index contributed by atoms with van der Waals surface area (Å²) in [6.07, 6.45) is 4.93. The molecule has 0 saturated carbocycles. The molecule has 1 rings (SSSR count). The van der Waals surface area contributed by atoms with Crippen molar-refractivity contribution in [3.05, 3.63) is 48.5 Å². The summed E-state index contributed by atoms with van der Waals surface area (Å²) in [6.45, 7) is 12.7. The Balaban J connectivity index is 3.08. The summed E-state index contributed by atoms with van der Waals surface area (Å²) in [4.78, 5) is 25.7. The molecule has 1 aromatic rings. The molecule has 1 heterocycles. The number of hydrogen-bond acceptors (Lipinski definition) is 5. The quantitative estimate of drug-likeness (QED) is 0.459. The Hall–Kier alpha value is -2.76. The predicted molar refractivity (Wildman–Crippen MR) is 93.1 cm³/mol. The van der Waals surface area contributed by atoms with Crippen LogP contribution in [0.3, 0.4) is 0 Å². The molecule has 23 heavy (non-hydrogen) atoms. The number of aliphatic imine (C=N–C) groups is 1. The van der Waals surface area contributed by atoms with Crippen molar-refractivity contribution in [1.29, 1.82) is 0 Å². The van der Waals surface area contributed by atoms with Crippen molar-refractivity contribution < 1.29 is 9.53 Å². The van der Waals surface area contributed by atoms with Gasteiger partial charge in [0.15, 0.2) is 0 Å². The van der Waals surface area contributed by atoms with Crippen LogP contribution in [-0.2, 0) is 9.53 Å². The first-order valence-corrected chi connectivity index (χ1v) is 7.00. The van der Waals surface area contributed by atoms with E-state index in [1.165, 1.54) is 11.8 Å². The van der Waals surface area contributed by atoms with Gasteiger partial charge in [0.25, 0.3) is 0 Å². The summed E-state index contributed by atoms with van der Waals surface area (Å²) in [5.41, 5.74) is 2.71. The molecule has 0 radical (unpaired) electrons. The van der Waals surface area contributed by atoms with E-state index < -0.39 is 0 Å². The SMILES string of the molecule is C=CC(=CC(=C)C(C)=Nc1cnc(N(C)C(C)=O)nc1C)OC. The standard InChI is InChI=1S/C17H22N4O2/c1-8-15(23-7)9-11(2)12(3)19-16-10-18-17(20-13(16)4)21(6)14(5)22/h8-10H,1-2H2,3-7H3. The molecule has 1 aromatic heterocycles. The molecule has 0 aliphatic carbocycles. The fourth-order valence-corrected chi connectivity index (χ4v) is 1.59. The first kappa shape index (κ1) is 18.3. The minimum Gasteiger partial charge on any atom is -0.497 e. The number of amides is 1. The fourth-order valence-electron chi connectivity index (χ4n) is 1.59. The van der Waals surface area contributed by atoms with Gasteiger partial charge in [0.1, 0.15) is 11.4 Å². The highest BCUT2D eigenvalue weighted by atomic mass is 16.5. The Labute approximate surface area is 136 Å². The summed E-state index contributed by atoms with van der Waals surface area (Å²) in [6, 6.07) is 0. The van der Waals surface area contributed by atoms with Crippen LogP contribution in [0.2, 0.25) is 0 Å². The number of carbonyl (C=O) groups excluding carboxylic acids is 1. The highest BCUT2D eigenvalue weighted by Gasteiger charge is 2.10. The first-order valence-electron chi connectivity index (χ1n) is 7.00.